The van der Waals surface area contributed by atoms with Crippen LogP contribution in [-0.4, -0.2) is 16.7 Å². The molecule has 1 aliphatic rings. The van der Waals surface area contributed by atoms with Crippen LogP contribution in [0.3, 0.4) is 0 Å². The Morgan fingerprint density at radius 1 is 1.00 bits per heavy atom. The number of aryl methyl sites for hydroxylation is 1. The predicted octanol–water partition coefficient (Wildman–Crippen LogP) is 4.75. The second-order valence-electron chi connectivity index (χ2n) is 6.96. The minimum atomic E-state index is -0.201. The highest BCUT2D eigenvalue weighted by atomic mass is 32.1. The third kappa shape index (κ3) is 3.83. The number of carbonyl (C=O) groups excluding carboxylic acids is 2. The van der Waals surface area contributed by atoms with E-state index in [4.69, 9.17) is 0 Å². The van der Waals surface area contributed by atoms with Crippen molar-refractivity contribution in [2.75, 3.05) is 5.32 Å². The van der Waals surface area contributed by atoms with Crippen molar-refractivity contribution in [2.24, 2.45) is 5.92 Å². The van der Waals surface area contributed by atoms with Gasteiger partial charge in [0.2, 0.25) is 0 Å². The van der Waals surface area contributed by atoms with Gasteiger partial charge in [0.15, 0.2) is 10.9 Å². The van der Waals surface area contributed by atoms with Crippen molar-refractivity contribution in [1.29, 1.82) is 0 Å². The number of nitrogens with zero attached hydrogens (tertiary/aromatic N) is 1. The number of aromatic nitrogens is 1. The molecule has 2 aromatic carbocycles. The molecule has 4 nitrogen and oxygen atoms in total. The van der Waals surface area contributed by atoms with Gasteiger partial charge >= 0.3 is 0 Å². The molecule has 1 atom stereocenters. The highest BCUT2D eigenvalue weighted by Gasteiger charge is 2.20. The van der Waals surface area contributed by atoms with Crippen molar-refractivity contribution >= 4 is 28.2 Å². The summed E-state index contributed by atoms with van der Waals surface area (Å²) in [5.41, 5.74) is 2.84. The van der Waals surface area contributed by atoms with E-state index in [1.54, 1.807) is 47.7 Å². The molecule has 0 saturated heterocycles. The maximum atomic E-state index is 12.5. The molecule has 0 aliphatic heterocycles. The summed E-state index contributed by atoms with van der Waals surface area (Å²) in [5.74, 6) is 0.424. The summed E-state index contributed by atoms with van der Waals surface area (Å²) in [6.07, 6.45) is 3.18. The van der Waals surface area contributed by atoms with E-state index in [1.165, 1.54) is 4.88 Å². The zero-order valence-corrected chi connectivity index (χ0v) is 15.9. The molecular weight excluding hydrogens is 356 g/mol. The van der Waals surface area contributed by atoms with Gasteiger partial charge in [-0.05, 0) is 37.3 Å². The molecule has 1 aromatic heterocycles. The molecule has 3 aromatic rings. The lowest BCUT2D eigenvalue weighted by atomic mass is 9.93. The van der Waals surface area contributed by atoms with E-state index >= 15 is 0 Å². The minimum absolute atomic E-state index is 0.0516. The first-order chi connectivity index (χ1) is 13.1. The Kier molecular flexibility index (Phi) is 4.86. The van der Waals surface area contributed by atoms with E-state index in [0.717, 1.165) is 25.0 Å². The van der Waals surface area contributed by atoms with Gasteiger partial charge in [-0.15, -0.1) is 11.3 Å². The molecule has 136 valence electrons. The van der Waals surface area contributed by atoms with E-state index in [-0.39, 0.29) is 11.7 Å². The average Bonchev–Trinajstić information content (AvgIpc) is 3.09. The molecule has 1 heterocycles. The third-order valence-corrected chi connectivity index (χ3v) is 5.89. The summed E-state index contributed by atoms with van der Waals surface area (Å²) in [4.78, 5) is 30.8. The summed E-state index contributed by atoms with van der Waals surface area (Å²) in [6.45, 7) is 2.25. The van der Waals surface area contributed by atoms with Crippen LogP contribution in [0, 0.1) is 5.92 Å². The molecule has 1 aliphatic carbocycles. The second-order valence-corrected chi connectivity index (χ2v) is 8.05. The number of hydrogen-bond donors (Lipinski definition) is 1. The number of fused-ring (bicyclic) bond motifs is 1. The summed E-state index contributed by atoms with van der Waals surface area (Å²) < 4.78 is 0. The van der Waals surface area contributed by atoms with E-state index in [9.17, 15) is 9.59 Å². The normalized spacial score (nSPS) is 15.8. The molecule has 27 heavy (non-hydrogen) atoms. The van der Waals surface area contributed by atoms with Gasteiger partial charge in [-0.1, -0.05) is 49.4 Å². The Bertz CT molecular complexity index is 977. The van der Waals surface area contributed by atoms with Crippen molar-refractivity contribution in [3.05, 3.63) is 81.9 Å². The van der Waals surface area contributed by atoms with Crippen LogP contribution >= 0.6 is 11.3 Å². The van der Waals surface area contributed by atoms with Crippen molar-refractivity contribution in [2.45, 2.75) is 26.2 Å². The van der Waals surface area contributed by atoms with E-state index in [1.807, 2.05) is 18.2 Å². The SMILES string of the molecule is C[C@H]1CCc2nc(NC(=O)c3ccc(C(=O)c4ccccc4)cc3)sc2C1. The molecule has 0 fully saturated rings. The van der Waals surface area contributed by atoms with Crippen LogP contribution in [0.2, 0.25) is 0 Å². The highest BCUT2D eigenvalue weighted by molar-refractivity contribution is 7.15. The third-order valence-electron chi connectivity index (χ3n) is 4.85. The van der Waals surface area contributed by atoms with Crippen LogP contribution in [0.4, 0.5) is 5.13 Å². The van der Waals surface area contributed by atoms with E-state index in [2.05, 4.69) is 17.2 Å². The lowest BCUT2D eigenvalue weighted by molar-refractivity contribution is 0.102. The van der Waals surface area contributed by atoms with Crippen molar-refractivity contribution in [1.82, 2.24) is 4.98 Å². The van der Waals surface area contributed by atoms with Crippen LogP contribution in [0.25, 0.3) is 0 Å². The molecule has 0 radical (unpaired) electrons. The second kappa shape index (κ2) is 7.45. The number of thiazole rings is 1. The summed E-state index contributed by atoms with van der Waals surface area (Å²) in [6, 6.07) is 15.9. The molecule has 0 spiro atoms. The maximum Gasteiger partial charge on any atom is 0.257 e. The number of nitrogens with one attached hydrogen (secondary N) is 1. The molecular formula is C22H20N2O2S. The van der Waals surface area contributed by atoms with E-state index < -0.39 is 0 Å². The number of amides is 1. The fraction of sp³-hybridized carbons (Fsp3) is 0.227. The zero-order valence-electron chi connectivity index (χ0n) is 15.1. The van der Waals surface area contributed by atoms with Crippen molar-refractivity contribution in [3.8, 4) is 0 Å². The minimum Gasteiger partial charge on any atom is -0.298 e. The summed E-state index contributed by atoms with van der Waals surface area (Å²) in [5, 5.41) is 3.55. The molecule has 0 unspecified atom stereocenters. The first kappa shape index (κ1) is 17.6. The number of ketones is 1. The summed E-state index contributed by atoms with van der Waals surface area (Å²) in [7, 11) is 0. The average molecular weight is 376 g/mol. The van der Waals surface area contributed by atoms with Gasteiger partial charge in [0.05, 0.1) is 5.69 Å². The number of anilines is 1. The number of carbonyl (C=O) groups is 2. The van der Waals surface area contributed by atoms with Crippen LogP contribution in [0.1, 0.15) is 50.2 Å². The highest BCUT2D eigenvalue weighted by Crippen LogP contribution is 2.32. The Labute approximate surface area is 162 Å². The molecule has 5 heteroatoms. The van der Waals surface area contributed by atoms with Gasteiger partial charge < -0.3 is 0 Å². The summed E-state index contributed by atoms with van der Waals surface area (Å²) >= 11 is 1.57. The Balaban J connectivity index is 1.46. The monoisotopic (exact) mass is 376 g/mol. The van der Waals surface area contributed by atoms with Crippen LogP contribution in [0.5, 0.6) is 0 Å². The maximum absolute atomic E-state index is 12.5. The van der Waals surface area contributed by atoms with Gasteiger partial charge in [0.25, 0.3) is 5.91 Å². The van der Waals surface area contributed by atoms with E-state index in [0.29, 0.717) is 27.7 Å². The molecule has 1 N–H and O–H groups in total. The van der Waals surface area contributed by atoms with Gasteiger partial charge in [0.1, 0.15) is 0 Å². The topological polar surface area (TPSA) is 59.1 Å². The lowest BCUT2D eigenvalue weighted by Gasteiger charge is -2.15. The predicted molar refractivity (Wildman–Crippen MR) is 108 cm³/mol. The lowest BCUT2D eigenvalue weighted by Crippen LogP contribution is -2.12. The standard InChI is InChI=1S/C22H20N2O2S/c1-14-7-12-18-19(13-14)27-22(23-18)24-21(26)17-10-8-16(9-11-17)20(25)15-5-3-2-4-6-15/h2-6,8-11,14H,7,12-13H2,1H3,(H,23,24,26)/t14-/m0/s1. The quantitative estimate of drug-likeness (QED) is 0.669. The largest absolute Gasteiger partial charge is 0.298 e. The van der Waals surface area contributed by atoms with Crippen LogP contribution in [-0.2, 0) is 12.8 Å². The number of rotatable bonds is 4. The van der Waals surface area contributed by atoms with Crippen LogP contribution < -0.4 is 5.32 Å². The molecule has 1 amide bonds. The Morgan fingerprint density at radius 3 is 2.41 bits per heavy atom. The number of benzene rings is 2. The van der Waals surface area contributed by atoms with Crippen molar-refractivity contribution in [3.63, 3.8) is 0 Å². The molecule has 0 saturated carbocycles. The number of hydrogen-bond acceptors (Lipinski definition) is 4. The van der Waals surface area contributed by atoms with Gasteiger partial charge in [-0.3, -0.25) is 14.9 Å². The fourth-order valence-electron chi connectivity index (χ4n) is 3.29. The molecule has 0 bridgehead atoms. The van der Waals surface area contributed by atoms with Crippen molar-refractivity contribution < 1.29 is 9.59 Å². The van der Waals surface area contributed by atoms with Gasteiger partial charge in [-0.25, -0.2) is 4.98 Å². The van der Waals surface area contributed by atoms with Gasteiger partial charge in [0, 0.05) is 21.6 Å². The van der Waals surface area contributed by atoms with Crippen LogP contribution in [0.15, 0.2) is 54.6 Å². The first-order valence-corrected chi connectivity index (χ1v) is 9.91. The fourth-order valence-corrected chi connectivity index (χ4v) is 4.46. The van der Waals surface area contributed by atoms with Gasteiger partial charge in [-0.2, -0.15) is 0 Å². The first-order valence-electron chi connectivity index (χ1n) is 9.10. The zero-order chi connectivity index (χ0) is 18.8. The Morgan fingerprint density at radius 2 is 1.67 bits per heavy atom. The Hall–Kier alpha value is -2.79. The smallest absolute Gasteiger partial charge is 0.257 e. The molecule has 4 rings (SSSR count).